The fourth-order valence-electron chi connectivity index (χ4n) is 2.11. The number of unbranched alkanes of at least 4 members (excludes halogenated alkanes) is 1. The largest absolute Gasteiger partial charge is 0.481 e. The number of hydrogen-bond acceptors (Lipinski definition) is 4. The van der Waals surface area contributed by atoms with Crippen LogP contribution in [0.15, 0.2) is 42.6 Å². The highest BCUT2D eigenvalue weighted by Gasteiger charge is 2.30. The minimum atomic E-state index is -4.44. The van der Waals surface area contributed by atoms with Crippen molar-refractivity contribution in [2.75, 3.05) is 6.54 Å². The van der Waals surface area contributed by atoms with Crippen molar-refractivity contribution >= 4 is 5.91 Å². The predicted octanol–water partition coefficient (Wildman–Crippen LogP) is 4.58. The molecule has 1 unspecified atom stereocenters. The number of carbonyl (C=O) groups excluding carboxylic acids is 1. The number of hydrogen-bond donors (Lipinski definition) is 1. The minimum absolute atomic E-state index is 0.0420. The maximum absolute atomic E-state index is 12.5. The molecule has 1 heterocycles. The van der Waals surface area contributed by atoms with Crippen LogP contribution in [-0.2, 0) is 11.0 Å². The summed E-state index contributed by atoms with van der Waals surface area (Å²) in [6.45, 7) is 4.30. The Labute approximate surface area is 155 Å². The molecule has 1 amide bonds. The van der Waals surface area contributed by atoms with E-state index in [1.165, 1.54) is 0 Å². The standard InChI is InChI=1S/C19H21F3N2O3/c1-3-4-11-23-18(25)13(2)26-15-6-8-16(9-7-15)27-17-10-5-14(12-24-17)19(20,21)22/h5-10,12-13H,3-4,11H2,1-2H3,(H,23,25). The summed E-state index contributed by atoms with van der Waals surface area (Å²) >= 11 is 0. The van der Waals surface area contributed by atoms with Crippen molar-refractivity contribution in [2.24, 2.45) is 0 Å². The molecule has 1 atom stereocenters. The van der Waals surface area contributed by atoms with Crippen molar-refractivity contribution in [3.63, 3.8) is 0 Å². The Kier molecular flexibility index (Phi) is 7.04. The van der Waals surface area contributed by atoms with Crippen LogP contribution in [0.25, 0.3) is 0 Å². The summed E-state index contributed by atoms with van der Waals surface area (Å²) in [7, 11) is 0. The lowest BCUT2D eigenvalue weighted by atomic mass is 10.3. The molecular weight excluding hydrogens is 361 g/mol. The summed E-state index contributed by atoms with van der Waals surface area (Å²) < 4.78 is 48.5. The van der Waals surface area contributed by atoms with Crippen LogP contribution in [0.1, 0.15) is 32.3 Å². The van der Waals surface area contributed by atoms with Gasteiger partial charge in [0.05, 0.1) is 5.56 Å². The molecule has 0 radical (unpaired) electrons. The summed E-state index contributed by atoms with van der Waals surface area (Å²) in [4.78, 5) is 15.5. The molecule has 1 aromatic carbocycles. The Morgan fingerprint density at radius 1 is 1.15 bits per heavy atom. The molecule has 0 bridgehead atoms. The molecule has 0 spiro atoms. The number of carbonyl (C=O) groups is 1. The molecule has 0 saturated heterocycles. The van der Waals surface area contributed by atoms with E-state index in [2.05, 4.69) is 10.3 Å². The lowest BCUT2D eigenvalue weighted by Crippen LogP contribution is -2.36. The van der Waals surface area contributed by atoms with Gasteiger partial charge in [-0.05, 0) is 43.7 Å². The van der Waals surface area contributed by atoms with E-state index in [0.29, 0.717) is 24.2 Å². The van der Waals surface area contributed by atoms with Crippen molar-refractivity contribution in [2.45, 2.75) is 39.0 Å². The molecular formula is C19H21F3N2O3. The molecule has 27 heavy (non-hydrogen) atoms. The van der Waals surface area contributed by atoms with Gasteiger partial charge >= 0.3 is 6.18 Å². The maximum atomic E-state index is 12.5. The SMILES string of the molecule is CCCCNC(=O)C(C)Oc1ccc(Oc2ccc(C(F)(F)F)cn2)cc1. The van der Waals surface area contributed by atoms with E-state index in [4.69, 9.17) is 9.47 Å². The summed E-state index contributed by atoms with van der Waals surface area (Å²) in [5.74, 6) is 0.702. The van der Waals surface area contributed by atoms with Crippen molar-refractivity contribution in [1.82, 2.24) is 10.3 Å². The first-order valence-electron chi connectivity index (χ1n) is 8.55. The fourth-order valence-corrected chi connectivity index (χ4v) is 2.11. The highest BCUT2D eigenvalue weighted by Crippen LogP contribution is 2.30. The molecule has 8 heteroatoms. The topological polar surface area (TPSA) is 60.5 Å². The van der Waals surface area contributed by atoms with Gasteiger partial charge < -0.3 is 14.8 Å². The molecule has 146 valence electrons. The fraction of sp³-hybridized carbons (Fsp3) is 0.368. The summed E-state index contributed by atoms with van der Waals surface area (Å²) in [5.41, 5.74) is -0.843. The van der Waals surface area contributed by atoms with Crippen LogP contribution in [0, 0.1) is 0 Å². The third-order valence-electron chi connectivity index (χ3n) is 3.62. The Morgan fingerprint density at radius 2 is 1.81 bits per heavy atom. The number of benzene rings is 1. The van der Waals surface area contributed by atoms with E-state index in [0.717, 1.165) is 25.0 Å². The van der Waals surface area contributed by atoms with Crippen LogP contribution < -0.4 is 14.8 Å². The van der Waals surface area contributed by atoms with Crippen LogP contribution in [0.5, 0.6) is 17.4 Å². The maximum Gasteiger partial charge on any atom is 0.417 e. The second kappa shape index (κ2) is 9.25. The highest BCUT2D eigenvalue weighted by atomic mass is 19.4. The average molecular weight is 382 g/mol. The molecule has 0 saturated carbocycles. The monoisotopic (exact) mass is 382 g/mol. The number of amides is 1. The number of halogens is 3. The van der Waals surface area contributed by atoms with Crippen molar-refractivity contribution in [3.8, 4) is 17.4 Å². The average Bonchev–Trinajstić information content (AvgIpc) is 2.63. The van der Waals surface area contributed by atoms with E-state index in [9.17, 15) is 18.0 Å². The van der Waals surface area contributed by atoms with Gasteiger partial charge in [-0.3, -0.25) is 4.79 Å². The molecule has 0 aliphatic rings. The zero-order valence-electron chi connectivity index (χ0n) is 15.0. The summed E-state index contributed by atoms with van der Waals surface area (Å²) in [6.07, 6.45) is -2.48. The summed E-state index contributed by atoms with van der Waals surface area (Å²) in [6, 6.07) is 8.42. The molecule has 1 aromatic heterocycles. The first-order valence-corrected chi connectivity index (χ1v) is 8.55. The van der Waals surface area contributed by atoms with Crippen LogP contribution in [0.3, 0.4) is 0 Å². The van der Waals surface area contributed by atoms with E-state index >= 15 is 0 Å². The van der Waals surface area contributed by atoms with E-state index < -0.39 is 17.8 Å². The Hall–Kier alpha value is -2.77. The Bertz CT molecular complexity index is 731. The third-order valence-corrected chi connectivity index (χ3v) is 3.62. The number of ether oxygens (including phenoxy) is 2. The van der Waals surface area contributed by atoms with Gasteiger partial charge in [0.15, 0.2) is 6.10 Å². The smallest absolute Gasteiger partial charge is 0.417 e. The molecule has 2 aromatic rings. The van der Waals surface area contributed by atoms with Crippen LogP contribution in [0.4, 0.5) is 13.2 Å². The lowest BCUT2D eigenvalue weighted by molar-refractivity contribution is -0.137. The molecule has 0 aliphatic heterocycles. The highest BCUT2D eigenvalue weighted by molar-refractivity contribution is 5.80. The normalized spacial score (nSPS) is 12.3. The van der Waals surface area contributed by atoms with Crippen LogP contribution >= 0.6 is 0 Å². The van der Waals surface area contributed by atoms with Gasteiger partial charge in [0.2, 0.25) is 5.88 Å². The molecule has 0 fully saturated rings. The first kappa shape index (κ1) is 20.5. The van der Waals surface area contributed by atoms with E-state index in [1.807, 2.05) is 6.92 Å². The molecule has 2 rings (SSSR count). The predicted molar refractivity (Wildman–Crippen MR) is 93.8 cm³/mol. The van der Waals surface area contributed by atoms with Crippen molar-refractivity contribution in [1.29, 1.82) is 0 Å². The van der Waals surface area contributed by atoms with Gasteiger partial charge in [-0.2, -0.15) is 13.2 Å². The molecule has 0 aliphatic carbocycles. The minimum Gasteiger partial charge on any atom is -0.481 e. The van der Waals surface area contributed by atoms with Gasteiger partial charge in [0.1, 0.15) is 11.5 Å². The lowest BCUT2D eigenvalue weighted by Gasteiger charge is -2.15. The number of nitrogens with zero attached hydrogens (tertiary/aromatic N) is 1. The summed E-state index contributed by atoms with van der Waals surface area (Å²) in [5, 5.41) is 2.79. The first-order chi connectivity index (χ1) is 12.8. The van der Waals surface area contributed by atoms with Crippen LogP contribution in [-0.4, -0.2) is 23.5 Å². The van der Waals surface area contributed by atoms with E-state index in [1.54, 1.807) is 31.2 Å². The second-order valence-electron chi connectivity index (χ2n) is 5.86. The van der Waals surface area contributed by atoms with E-state index in [-0.39, 0.29) is 11.8 Å². The quantitative estimate of drug-likeness (QED) is 0.679. The third kappa shape index (κ3) is 6.47. The zero-order valence-corrected chi connectivity index (χ0v) is 15.0. The second-order valence-corrected chi connectivity index (χ2v) is 5.86. The number of pyridine rings is 1. The number of nitrogens with one attached hydrogen (secondary N) is 1. The van der Waals surface area contributed by atoms with Crippen LogP contribution in [0.2, 0.25) is 0 Å². The van der Waals surface area contributed by atoms with Crippen molar-refractivity contribution < 1.29 is 27.4 Å². The van der Waals surface area contributed by atoms with Gasteiger partial charge in [-0.15, -0.1) is 0 Å². The van der Waals surface area contributed by atoms with Gasteiger partial charge in [0, 0.05) is 18.8 Å². The number of aromatic nitrogens is 1. The molecule has 1 N–H and O–H groups in total. The Morgan fingerprint density at radius 3 is 2.37 bits per heavy atom. The van der Waals surface area contributed by atoms with Gasteiger partial charge in [-0.1, -0.05) is 13.3 Å². The van der Waals surface area contributed by atoms with Gasteiger partial charge in [0.25, 0.3) is 5.91 Å². The number of alkyl halides is 3. The van der Waals surface area contributed by atoms with Crippen molar-refractivity contribution in [3.05, 3.63) is 48.2 Å². The zero-order chi connectivity index (χ0) is 19.9. The number of rotatable bonds is 8. The molecule has 5 nitrogen and oxygen atoms in total. The Balaban J connectivity index is 1.90. The van der Waals surface area contributed by atoms with Gasteiger partial charge in [-0.25, -0.2) is 4.98 Å².